The summed E-state index contributed by atoms with van der Waals surface area (Å²) in [5, 5.41) is 11.4. The van der Waals surface area contributed by atoms with Gasteiger partial charge < -0.3 is 19.3 Å². The van der Waals surface area contributed by atoms with E-state index in [1.165, 1.54) is 0 Å². The molecule has 25 heavy (non-hydrogen) atoms. The Morgan fingerprint density at radius 1 is 1.36 bits per heavy atom. The third kappa shape index (κ3) is 1.88. The largest absolute Gasteiger partial charge is 0.490 e. The molecule has 0 saturated carbocycles. The molecule has 2 fully saturated rings. The van der Waals surface area contributed by atoms with Crippen molar-refractivity contribution in [2.75, 3.05) is 0 Å². The topological polar surface area (TPSA) is 65.0 Å². The van der Waals surface area contributed by atoms with Crippen LogP contribution < -0.4 is 0 Å². The Labute approximate surface area is 148 Å². The van der Waals surface area contributed by atoms with Crippen LogP contribution in [0.5, 0.6) is 0 Å². The lowest BCUT2D eigenvalue weighted by Gasteiger charge is -2.39. The molecule has 4 heterocycles. The van der Waals surface area contributed by atoms with E-state index < -0.39 is 16.8 Å². The van der Waals surface area contributed by atoms with Gasteiger partial charge in [-0.05, 0) is 32.4 Å². The molecule has 5 heteroatoms. The Morgan fingerprint density at radius 3 is 2.68 bits per heavy atom. The molecule has 0 spiro atoms. The first-order valence-corrected chi connectivity index (χ1v) is 8.93. The summed E-state index contributed by atoms with van der Waals surface area (Å²) in [6.07, 6.45) is 3.26. The summed E-state index contributed by atoms with van der Waals surface area (Å²) in [6, 6.07) is 0. The van der Waals surface area contributed by atoms with Crippen molar-refractivity contribution in [2.45, 2.75) is 64.6 Å². The average molecular weight is 346 g/mol. The van der Waals surface area contributed by atoms with E-state index in [1.54, 1.807) is 13.0 Å². The quantitative estimate of drug-likeness (QED) is 0.791. The second-order valence-electron chi connectivity index (χ2n) is 8.50. The molecule has 0 aromatic carbocycles. The molecule has 0 unspecified atom stereocenters. The number of allylic oxidation sites excluding steroid dienone is 1. The first-order valence-electron chi connectivity index (χ1n) is 8.93. The summed E-state index contributed by atoms with van der Waals surface area (Å²) in [7, 11) is 0. The number of aliphatic hydroxyl groups is 1. The van der Waals surface area contributed by atoms with Gasteiger partial charge in [-0.3, -0.25) is 4.79 Å². The molecule has 136 valence electrons. The summed E-state index contributed by atoms with van der Waals surface area (Å²) in [5.41, 5.74) is -0.860. The molecule has 0 aliphatic carbocycles. The number of ketones is 1. The monoisotopic (exact) mass is 346 g/mol. The summed E-state index contributed by atoms with van der Waals surface area (Å²) < 4.78 is 18.3. The van der Waals surface area contributed by atoms with Crippen LogP contribution in [0.4, 0.5) is 0 Å². The van der Waals surface area contributed by atoms with Crippen LogP contribution >= 0.6 is 0 Å². The van der Waals surface area contributed by atoms with Gasteiger partial charge >= 0.3 is 0 Å². The summed E-state index contributed by atoms with van der Waals surface area (Å²) in [4.78, 5) is 12.6. The van der Waals surface area contributed by atoms with E-state index in [0.29, 0.717) is 17.9 Å². The molecule has 5 nitrogen and oxygen atoms in total. The maximum absolute atomic E-state index is 12.6. The zero-order valence-corrected chi connectivity index (χ0v) is 15.5. The molecule has 1 N–H and O–H groups in total. The number of ether oxygens (including phenoxy) is 3. The second-order valence-corrected chi connectivity index (χ2v) is 8.50. The fourth-order valence-electron chi connectivity index (χ4n) is 5.01. The highest BCUT2D eigenvalue weighted by Crippen LogP contribution is 2.64. The fourth-order valence-corrected chi connectivity index (χ4v) is 5.01. The van der Waals surface area contributed by atoms with Gasteiger partial charge in [0.05, 0.1) is 11.5 Å². The summed E-state index contributed by atoms with van der Waals surface area (Å²) >= 11 is 0. The van der Waals surface area contributed by atoms with Gasteiger partial charge in [-0.15, -0.1) is 0 Å². The van der Waals surface area contributed by atoms with E-state index in [2.05, 4.69) is 6.58 Å². The van der Waals surface area contributed by atoms with Gasteiger partial charge in [-0.2, -0.15) is 0 Å². The first-order chi connectivity index (χ1) is 11.5. The third-order valence-electron chi connectivity index (χ3n) is 6.65. The Morgan fingerprint density at radius 2 is 2.04 bits per heavy atom. The van der Waals surface area contributed by atoms with Crippen LogP contribution in [0.25, 0.3) is 0 Å². The molecular weight excluding hydrogens is 320 g/mol. The minimum Gasteiger partial charge on any atom is -0.490 e. The van der Waals surface area contributed by atoms with Crippen molar-refractivity contribution < 1.29 is 24.1 Å². The Bertz CT molecular complexity index is 734. The maximum Gasteiger partial charge on any atom is 0.202 e. The predicted molar refractivity (Wildman–Crippen MR) is 91.2 cm³/mol. The van der Waals surface area contributed by atoms with Crippen LogP contribution in [0.3, 0.4) is 0 Å². The Kier molecular flexibility index (Phi) is 3.22. The van der Waals surface area contributed by atoms with E-state index in [0.717, 1.165) is 5.57 Å². The van der Waals surface area contributed by atoms with E-state index in [-0.39, 0.29) is 29.8 Å². The fraction of sp³-hybridized carbons (Fsp3) is 0.650. The van der Waals surface area contributed by atoms with E-state index >= 15 is 0 Å². The van der Waals surface area contributed by atoms with Crippen molar-refractivity contribution >= 4 is 5.78 Å². The SMILES string of the molecule is C=C1O[C@H]2/C=C(/C)C3=CC(=O)[C@@](C)(C[C@@H]4O[C@](O)(C(C)C)[C@]1(C)[C@@H]24)O3. The smallest absolute Gasteiger partial charge is 0.202 e. The van der Waals surface area contributed by atoms with Gasteiger partial charge in [0.1, 0.15) is 17.6 Å². The van der Waals surface area contributed by atoms with Gasteiger partial charge in [0.25, 0.3) is 0 Å². The molecule has 4 aliphatic heterocycles. The molecule has 6 atom stereocenters. The maximum atomic E-state index is 12.6. The molecule has 2 bridgehead atoms. The molecule has 0 aromatic heterocycles. The van der Waals surface area contributed by atoms with Crippen LogP contribution in [0, 0.1) is 17.3 Å². The highest BCUT2D eigenvalue weighted by Gasteiger charge is 2.72. The van der Waals surface area contributed by atoms with Crippen molar-refractivity contribution in [3.05, 3.63) is 35.8 Å². The number of hydrogen-bond donors (Lipinski definition) is 1. The lowest BCUT2D eigenvalue weighted by atomic mass is 9.66. The Balaban J connectivity index is 1.89. The average Bonchev–Trinajstić information content (AvgIpc) is 3.03. The molecule has 4 rings (SSSR count). The summed E-state index contributed by atoms with van der Waals surface area (Å²) in [6.45, 7) is 13.6. The molecule has 0 radical (unpaired) electrons. The van der Waals surface area contributed by atoms with E-state index in [4.69, 9.17) is 14.2 Å². The predicted octanol–water partition coefficient (Wildman–Crippen LogP) is 2.86. The van der Waals surface area contributed by atoms with Crippen molar-refractivity contribution in [1.29, 1.82) is 0 Å². The van der Waals surface area contributed by atoms with Gasteiger partial charge in [-0.25, -0.2) is 0 Å². The molecule has 4 aliphatic rings. The number of carbonyl (C=O) groups is 1. The van der Waals surface area contributed by atoms with Crippen molar-refractivity contribution in [3.63, 3.8) is 0 Å². The molecular formula is C20H26O5. The minimum atomic E-state index is -1.40. The first kappa shape index (κ1) is 16.9. The lowest BCUT2D eigenvalue weighted by molar-refractivity contribution is -0.261. The van der Waals surface area contributed by atoms with Crippen LogP contribution in [-0.4, -0.2) is 34.5 Å². The van der Waals surface area contributed by atoms with E-state index in [9.17, 15) is 9.90 Å². The highest BCUT2D eigenvalue weighted by molar-refractivity contribution is 5.99. The van der Waals surface area contributed by atoms with Gasteiger partial charge in [0.15, 0.2) is 11.4 Å². The van der Waals surface area contributed by atoms with Crippen LogP contribution in [0.1, 0.15) is 41.0 Å². The zero-order chi connectivity index (χ0) is 18.4. The van der Waals surface area contributed by atoms with Crippen molar-refractivity contribution in [3.8, 4) is 0 Å². The van der Waals surface area contributed by atoms with Gasteiger partial charge in [0, 0.05) is 24.3 Å². The van der Waals surface area contributed by atoms with E-state index in [1.807, 2.05) is 33.8 Å². The lowest BCUT2D eigenvalue weighted by Crippen LogP contribution is -2.49. The number of carbonyl (C=O) groups excluding carboxylic acids is 1. The molecule has 0 aromatic rings. The zero-order valence-electron chi connectivity index (χ0n) is 15.5. The van der Waals surface area contributed by atoms with Crippen molar-refractivity contribution in [1.82, 2.24) is 0 Å². The standard InChI is InChI=1S/C20H26O5/c1-10(2)20(22)19(6)12(4)23-14-7-11(3)13-8-16(21)18(5,24-13)9-15(25-20)17(14)19/h7-8,10,14-15,17,22H,4,9H2,1-3,5-6H3/b11-7-/t14-,15-,17-,18+,19-,20+/m0/s1. The molecule has 2 saturated heterocycles. The van der Waals surface area contributed by atoms with Crippen LogP contribution in [0.2, 0.25) is 0 Å². The van der Waals surface area contributed by atoms with Crippen LogP contribution in [0.15, 0.2) is 35.8 Å². The normalized spacial score (nSPS) is 50.3. The van der Waals surface area contributed by atoms with Crippen LogP contribution in [-0.2, 0) is 19.0 Å². The highest BCUT2D eigenvalue weighted by atomic mass is 16.7. The van der Waals surface area contributed by atoms with Gasteiger partial charge in [0.2, 0.25) is 5.78 Å². The van der Waals surface area contributed by atoms with Crippen molar-refractivity contribution in [2.24, 2.45) is 17.3 Å². The minimum absolute atomic E-state index is 0.0586. The number of fused-ring (bicyclic) bond motifs is 2. The number of rotatable bonds is 1. The summed E-state index contributed by atoms with van der Waals surface area (Å²) in [5.74, 6) is -0.603. The molecule has 0 amide bonds. The Hall–Kier alpha value is -1.59. The van der Waals surface area contributed by atoms with Gasteiger partial charge in [-0.1, -0.05) is 20.4 Å². The number of hydrogen-bond acceptors (Lipinski definition) is 5. The second kappa shape index (κ2) is 4.77. The third-order valence-corrected chi connectivity index (χ3v) is 6.65.